The van der Waals surface area contributed by atoms with Gasteiger partial charge in [-0.25, -0.2) is 9.59 Å². The minimum atomic E-state index is -1.11. The lowest BCUT2D eigenvalue weighted by molar-refractivity contribution is -0.140. The van der Waals surface area contributed by atoms with Gasteiger partial charge in [0.1, 0.15) is 11.6 Å². The number of carbonyl (C=O) groups excluding carboxylic acids is 1. The lowest BCUT2D eigenvalue weighted by Gasteiger charge is -2.22. The van der Waals surface area contributed by atoms with Crippen LogP contribution in [0.1, 0.15) is 33.6 Å². The zero-order valence-electron chi connectivity index (χ0n) is 11.5. The molecule has 1 rings (SSSR count). The molecule has 0 bridgehead atoms. The van der Waals surface area contributed by atoms with E-state index in [1.165, 1.54) is 0 Å². The van der Waals surface area contributed by atoms with E-state index in [-0.39, 0.29) is 12.7 Å². The highest BCUT2D eigenvalue weighted by molar-refractivity contribution is 5.79. The van der Waals surface area contributed by atoms with Gasteiger partial charge in [-0.3, -0.25) is 0 Å². The van der Waals surface area contributed by atoms with E-state index in [9.17, 15) is 9.59 Å². The maximum atomic E-state index is 11.5. The second kappa shape index (κ2) is 6.72. The molecule has 0 aromatic heterocycles. The van der Waals surface area contributed by atoms with Crippen molar-refractivity contribution in [1.29, 1.82) is 0 Å². The molecule has 2 N–H and O–H groups in total. The number of carboxylic acid groups (broad SMARTS) is 1. The van der Waals surface area contributed by atoms with Crippen molar-refractivity contribution in [3.8, 4) is 0 Å². The zero-order valence-corrected chi connectivity index (χ0v) is 11.5. The smallest absolute Gasteiger partial charge is 0.408 e. The van der Waals surface area contributed by atoms with Crippen LogP contribution in [0.4, 0.5) is 4.79 Å². The van der Waals surface area contributed by atoms with Crippen molar-refractivity contribution in [2.24, 2.45) is 0 Å². The van der Waals surface area contributed by atoms with Gasteiger partial charge in [-0.2, -0.15) is 0 Å². The summed E-state index contributed by atoms with van der Waals surface area (Å²) in [6.45, 7) is 6.16. The Hall–Kier alpha value is -1.34. The Balaban J connectivity index is 2.39. The third-order valence-electron chi connectivity index (χ3n) is 2.37. The highest BCUT2D eigenvalue weighted by atomic mass is 16.7. The summed E-state index contributed by atoms with van der Waals surface area (Å²) in [5.41, 5.74) is -0.662. The highest BCUT2D eigenvalue weighted by Gasteiger charge is 2.26. The van der Waals surface area contributed by atoms with E-state index in [1.54, 1.807) is 20.8 Å². The van der Waals surface area contributed by atoms with Gasteiger partial charge in [0, 0.05) is 6.42 Å². The summed E-state index contributed by atoms with van der Waals surface area (Å²) in [6.07, 6.45) is -0.498. The lowest BCUT2D eigenvalue weighted by Crippen LogP contribution is -2.43. The molecule has 1 fully saturated rings. The number of carboxylic acids is 1. The molecule has 1 aliphatic rings. The summed E-state index contributed by atoms with van der Waals surface area (Å²) >= 11 is 0. The maximum absolute atomic E-state index is 11.5. The van der Waals surface area contributed by atoms with Crippen molar-refractivity contribution in [1.82, 2.24) is 5.32 Å². The molecule has 1 atom stereocenters. The number of aliphatic carboxylic acids is 1. The minimum absolute atomic E-state index is 0.221. The predicted octanol–water partition coefficient (Wildman–Crippen LogP) is 1.12. The Morgan fingerprint density at radius 1 is 1.37 bits per heavy atom. The summed E-state index contributed by atoms with van der Waals surface area (Å²) in [6, 6.07) is -1.01. The van der Waals surface area contributed by atoms with E-state index in [0.717, 1.165) is 0 Å². The van der Waals surface area contributed by atoms with E-state index in [4.69, 9.17) is 19.3 Å². The van der Waals surface area contributed by atoms with Crippen LogP contribution in [0.5, 0.6) is 0 Å². The van der Waals surface area contributed by atoms with Gasteiger partial charge in [0.2, 0.25) is 0 Å². The summed E-state index contributed by atoms with van der Waals surface area (Å²) in [4.78, 5) is 22.6. The first-order chi connectivity index (χ1) is 8.78. The average molecular weight is 275 g/mol. The van der Waals surface area contributed by atoms with E-state index in [2.05, 4.69) is 5.32 Å². The van der Waals surface area contributed by atoms with E-state index in [0.29, 0.717) is 19.6 Å². The standard InChI is InChI=1S/C12H21NO6/c1-12(2,3)19-11(16)13-8(10(14)15)4-5-9-17-6-7-18-9/h8-9H,4-7H2,1-3H3,(H,13,16)(H,14,15). The van der Waals surface area contributed by atoms with E-state index >= 15 is 0 Å². The number of hydrogen-bond donors (Lipinski definition) is 2. The SMILES string of the molecule is CC(C)(C)OC(=O)NC(CCC1OCCO1)C(=O)O. The third kappa shape index (κ3) is 6.40. The summed E-state index contributed by atoms with van der Waals surface area (Å²) < 4.78 is 15.4. The molecule has 7 nitrogen and oxygen atoms in total. The second-order valence-corrected chi connectivity index (χ2v) is 5.29. The predicted molar refractivity (Wildman–Crippen MR) is 65.7 cm³/mol. The van der Waals surface area contributed by atoms with Crippen LogP contribution < -0.4 is 5.32 Å². The fraction of sp³-hybridized carbons (Fsp3) is 0.833. The molecule has 19 heavy (non-hydrogen) atoms. The van der Waals surface area contributed by atoms with Crippen molar-refractivity contribution < 1.29 is 28.9 Å². The molecular formula is C12H21NO6. The van der Waals surface area contributed by atoms with Crippen LogP contribution in [0.25, 0.3) is 0 Å². The Bertz CT molecular complexity index is 319. The molecule has 0 aliphatic carbocycles. The molecular weight excluding hydrogens is 254 g/mol. The number of amides is 1. The third-order valence-corrected chi connectivity index (χ3v) is 2.37. The maximum Gasteiger partial charge on any atom is 0.408 e. The van der Waals surface area contributed by atoms with Crippen LogP contribution in [-0.2, 0) is 19.0 Å². The van der Waals surface area contributed by atoms with Crippen LogP contribution in [0, 0.1) is 0 Å². The zero-order chi connectivity index (χ0) is 14.5. The van der Waals surface area contributed by atoms with Gasteiger partial charge in [-0.05, 0) is 27.2 Å². The summed E-state index contributed by atoms with van der Waals surface area (Å²) in [5.74, 6) is -1.11. The van der Waals surface area contributed by atoms with E-state index in [1.807, 2.05) is 0 Å². The number of alkyl carbamates (subject to hydrolysis) is 1. The van der Waals surface area contributed by atoms with Crippen molar-refractivity contribution in [3.63, 3.8) is 0 Å². The molecule has 1 amide bonds. The number of ether oxygens (including phenoxy) is 3. The molecule has 1 aliphatic heterocycles. The fourth-order valence-corrected chi connectivity index (χ4v) is 1.58. The first-order valence-electron chi connectivity index (χ1n) is 6.23. The molecule has 1 heterocycles. The van der Waals surface area contributed by atoms with Crippen LogP contribution in [0.2, 0.25) is 0 Å². The van der Waals surface area contributed by atoms with Crippen LogP contribution in [0.15, 0.2) is 0 Å². The Labute approximate surface area is 112 Å². The van der Waals surface area contributed by atoms with Crippen molar-refractivity contribution in [2.75, 3.05) is 13.2 Å². The second-order valence-electron chi connectivity index (χ2n) is 5.29. The molecule has 0 radical (unpaired) electrons. The number of nitrogens with one attached hydrogen (secondary N) is 1. The molecule has 0 aromatic rings. The Morgan fingerprint density at radius 3 is 2.42 bits per heavy atom. The number of rotatable bonds is 5. The molecule has 1 saturated heterocycles. The average Bonchev–Trinajstić information content (AvgIpc) is 2.73. The molecule has 0 aromatic carbocycles. The van der Waals surface area contributed by atoms with Crippen LogP contribution in [0.3, 0.4) is 0 Å². The van der Waals surface area contributed by atoms with Gasteiger partial charge in [0.25, 0.3) is 0 Å². The van der Waals surface area contributed by atoms with Crippen LogP contribution in [-0.4, -0.2) is 48.3 Å². The van der Waals surface area contributed by atoms with Gasteiger partial charge >= 0.3 is 12.1 Å². The summed E-state index contributed by atoms with van der Waals surface area (Å²) in [5, 5.41) is 11.4. The number of carbonyl (C=O) groups is 2. The lowest BCUT2D eigenvalue weighted by atomic mass is 10.1. The monoisotopic (exact) mass is 275 g/mol. The molecule has 110 valence electrons. The highest BCUT2D eigenvalue weighted by Crippen LogP contribution is 2.13. The molecule has 0 saturated carbocycles. The Kier molecular flexibility index (Phi) is 5.56. The minimum Gasteiger partial charge on any atom is -0.480 e. The van der Waals surface area contributed by atoms with E-state index < -0.39 is 23.7 Å². The van der Waals surface area contributed by atoms with Gasteiger partial charge in [0.15, 0.2) is 6.29 Å². The molecule has 1 unspecified atom stereocenters. The molecule has 7 heteroatoms. The quantitative estimate of drug-likeness (QED) is 0.780. The van der Waals surface area contributed by atoms with Crippen LogP contribution >= 0.6 is 0 Å². The fourth-order valence-electron chi connectivity index (χ4n) is 1.58. The topological polar surface area (TPSA) is 94.1 Å². The van der Waals surface area contributed by atoms with Gasteiger partial charge < -0.3 is 24.6 Å². The van der Waals surface area contributed by atoms with Crippen molar-refractivity contribution in [2.45, 2.75) is 51.5 Å². The first-order valence-corrected chi connectivity index (χ1v) is 6.23. The van der Waals surface area contributed by atoms with Crippen molar-refractivity contribution >= 4 is 12.1 Å². The van der Waals surface area contributed by atoms with Gasteiger partial charge in [-0.1, -0.05) is 0 Å². The first kappa shape index (κ1) is 15.7. The number of hydrogen-bond acceptors (Lipinski definition) is 5. The Morgan fingerprint density at radius 2 is 1.95 bits per heavy atom. The largest absolute Gasteiger partial charge is 0.480 e. The normalized spacial score (nSPS) is 18.1. The summed E-state index contributed by atoms with van der Waals surface area (Å²) in [7, 11) is 0. The van der Waals surface area contributed by atoms with Gasteiger partial charge in [0.05, 0.1) is 13.2 Å². The van der Waals surface area contributed by atoms with Crippen molar-refractivity contribution in [3.05, 3.63) is 0 Å². The van der Waals surface area contributed by atoms with Gasteiger partial charge in [-0.15, -0.1) is 0 Å². The molecule has 0 spiro atoms.